The molecule has 3 unspecified atom stereocenters. The molecule has 0 spiro atoms. The van der Waals surface area contributed by atoms with E-state index in [0.717, 1.165) is 25.6 Å². The summed E-state index contributed by atoms with van der Waals surface area (Å²) in [6.07, 6.45) is 4.67. The molecule has 0 saturated carbocycles. The predicted octanol–water partition coefficient (Wildman–Crippen LogP) is 4.94. The van der Waals surface area contributed by atoms with Crippen molar-refractivity contribution in [2.75, 3.05) is 66.1 Å². The molecule has 182 valence electrons. The van der Waals surface area contributed by atoms with E-state index >= 15 is 0 Å². The smallest absolute Gasteiger partial charge is 0.160 e. The molecule has 0 rings (SSSR count). The van der Waals surface area contributed by atoms with Crippen LogP contribution in [0.1, 0.15) is 67.2 Å². The molecular weight excluding hydrogens is 384 g/mol. The molecule has 0 heterocycles. The van der Waals surface area contributed by atoms with Crippen molar-refractivity contribution in [3.63, 3.8) is 0 Å². The molecule has 0 bridgehead atoms. The minimum atomic E-state index is -0.236. The molecule has 0 fully saturated rings. The Bertz CT molecular complexity index is 324. The molecular formula is C24H50O6. The predicted molar refractivity (Wildman–Crippen MR) is 122 cm³/mol. The van der Waals surface area contributed by atoms with E-state index in [9.17, 15) is 0 Å². The Morgan fingerprint density at radius 2 is 1.00 bits per heavy atom. The monoisotopic (exact) mass is 434 g/mol. The van der Waals surface area contributed by atoms with Crippen LogP contribution in [-0.4, -0.2) is 72.4 Å². The van der Waals surface area contributed by atoms with Crippen LogP contribution in [0.5, 0.6) is 0 Å². The third-order valence-corrected chi connectivity index (χ3v) is 5.00. The van der Waals surface area contributed by atoms with E-state index in [1.807, 2.05) is 13.8 Å². The third kappa shape index (κ3) is 18.5. The summed E-state index contributed by atoms with van der Waals surface area (Å²) in [6.45, 7) is 19.2. The van der Waals surface area contributed by atoms with Crippen LogP contribution in [0, 0.1) is 17.8 Å². The first-order valence-electron chi connectivity index (χ1n) is 12.1. The number of hydrogen-bond acceptors (Lipinski definition) is 6. The Morgan fingerprint density at radius 3 is 1.47 bits per heavy atom. The van der Waals surface area contributed by atoms with E-state index in [4.69, 9.17) is 28.4 Å². The highest BCUT2D eigenvalue weighted by molar-refractivity contribution is 4.66. The van der Waals surface area contributed by atoms with Crippen molar-refractivity contribution < 1.29 is 28.4 Å². The quantitative estimate of drug-likeness (QED) is 0.168. The molecule has 6 nitrogen and oxygen atoms in total. The summed E-state index contributed by atoms with van der Waals surface area (Å²) in [5.41, 5.74) is 0. The van der Waals surface area contributed by atoms with Crippen molar-refractivity contribution in [2.45, 2.75) is 73.5 Å². The van der Waals surface area contributed by atoms with Crippen molar-refractivity contribution in [1.29, 1.82) is 0 Å². The number of rotatable bonds is 23. The highest BCUT2D eigenvalue weighted by atomic mass is 16.7. The van der Waals surface area contributed by atoms with Crippen molar-refractivity contribution in [2.24, 2.45) is 17.8 Å². The summed E-state index contributed by atoms with van der Waals surface area (Å²) < 4.78 is 33.8. The highest BCUT2D eigenvalue weighted by Crippen LogP contribution is 2.25. The molecule has 0 aromatic heterocycles. The zero-order chi connectivity index (χ0) is 22.5. The van der Waals surface area contributed by atoms with Gasteiger partial charge in [0.1, 0.15) is 0 Å². The molecule has 0 radical (unpaired) electrons. The zero-order valence-electron chi connectivity index (χ0n) is 20.7. The second-order valence-corrected chi connectivity index (χ2v) is 8.18. The summed E-state index contributed by atoms with van der Waals surface area (Å²) >= 11 is 0. The van der Waals surface area contributed by atoms with Gasteiger partial charge in [-0.05, 0) is 38.5 Å². The van der Waals surface area contributed by atoms with Gasteiger partial charge in [0.25, 0.3) is 0 Å². The van der Waals surface area contributed by atoms with Gasteiger partial charge in [-0.1, -0.05) is 40.5 Å². The summed E-state index contributed by atoms with van der Waals surface area (Å²) in [4.78, 5) is 0. The molecule has 0 N–H and O–H groups in total. The van der Waals surface area contributed by atoms with E-state index in [-0.39, 0.29) is 6.29 Å². The fraction of sp³-hybridized carbons (Fsp3) is 1.00. The fourth-order valence-electron chi connectivity index (χ4n) is 3.69. The Labute approximate surface area is 186 Å². The SMILES string of the molecule is CCCC(C)CC(C)CC(C)C(OCCOCCOCC)OCCOCCOCC. The topological polar surface area (TPSA) is 55.4 Å². The van der Waals surface area contributed by atoms with Gasteiger partial charge in [0, 0.05) is 19.1 Å². The molecule has 0 amide bonds. The van der Waals surface area contributed by atoms with E-state index in [1.54, 1.807) is 0 Å². The lowest BCUT2D eigenvalue weighted by molar-refractivity contribution is -0.185. The third-order valence-electron chi connectivity index (χ3n) is 5.00. The summed E-state index contributed by atoms with van der Waals surface area (Å²) in [6, 6.07) is 0. The van der Waals surface area contributed by atoms with Crippen LogP contribution in [0.2, 0.25) is 0 Å². The van der Waals surface area contributed by atoms with Crippen molar-refractivity contribution in [3.8, 4) is 0 Å². The lowest BCUT2D eigenvalue weighted by atomic mass is 9.87. The summed E-state index contributed by atoms with van der Waals surface area (Å²) in [5.74, 6) is 1.75. The van der Waals surface area contributed by atoms with Gasteiger partial charge in [-0.3, -0.25) is 0 Å². The van der Waals surface area contributed by atoms with E-state index in [1.165, 1.54) is 19.3 Å². The average molecular weight is 435 g/mol. The molecule has 0 aromatic carbocycles. The zero-order valence-corrected chi connectivity index (χ0v) is 20.7. The first-order chi connectivity index (χ1) is 14.5. The average Bonchev–Trinajstić information content (AvgIpc) is 2.70. The summed E-state index contributed by atoms with van der Waals surface area (Å²) in [7, 11) is 0. The van der Waals surface area contributed by atoms with E-state index < -0.39 is 0 Å². The maximum absolute atomic E-state index is 6.04. The normalized spacial score (nSPS) is 14.9. The van der Waals surface area contributed by atoms with Gasteiger partial charge >= 0.3 is 0 Å². The van der Waals surface area contributed by atoms with Crippen LogP contribution < -0.4 is 0 Å². The molecule has 0 aliphatic rings. The number of ether oxygens (including phenoxy) is 6. The highest BCUT2D eigenvalue weighted by Gasteiger charge is 2.22. The van der Waals surface area contributed by atoms with E-state index in [0.29, 0.717) is 64.7 Å². The van der Waals surface area contributed by atoms with Gasteiger partial charge < -0.3 is 28.4 Å². The van der Waals surface area contributed by atoms with Gasteiger partial charge in [0.2, 0.25) is 0 Å². The number of hydrogen-bond donors (Lipinski definition) is 0. The van der Waals surface area contributed by atoms with Crippen molar-refractivity contribution in [3.05, 3.63) is 0 Å². The van der Waals surface area contributed by atoms with Crippen LogP contribution in [0.15, 0.2) is 0 Å². The maximum atomic E-state index is 6.04. The van der Waals surface area contributed by atoms with Gasteiger partial charge in [-0.25, -0.2) is 0 Å². The Morgan fingerprint density at radius 1 is 0.533 bits per heavy atom. The molecule has 3 atom stereocenters. The molecule has 0 aromatic rings. The first kappa shape index (κ1) is 29.8. The van der Waals surface area contributed by atoms with Crippen molar-refractivity contribution in [1.82, 2.24) is 0 Å². The largest absolute Gasteiger partial charge is 0.379 e. The second-order valence-electron chi connectivity index (χ2n) is 8.18. The van der Waals surface area contributed by atoms with Gasteiger partial charge in [-0.2, -0.15) is 0 Å². The molecule has 0 aliphatic heterocycles. The molecule has 30 heavy (non-hydrogen) atoms. The molecule has 0 aliphatic carbocycles. The Kier molecular flexibility index (Phi) is 21.8. The van der Waals surface area contributed by atoms with Crippen molar-refractivity contribution >= 4 is 0 Å². The van der Waals surface area contributed by atoms with Crippen LogP contribution in [-0.2, 0) is 28.4 Å². The lowest BCUT2D eigenvalue weighted by Gasteiger charge is -2.27. The van der Waals surface area contributed by atoms with Gasteiger partial charge in [-0.15, -0.1) is 0 Å². The Balaban J connectivity index is 4.28. The van der Waals surface area contributed by atoms with Crippen LogP contribution in [0.25, 0.3) is 0 Å². The minimum absolute atomic E-state index is 0.236. The Hall–Kier alpha value is -0.240. The maximum Gasteiger partial charge on any atom is 0.160 e. The van der Waals surface area contributed by atoms with Gasteiger partial charge in [0.15, 0.2) is 6.29 Å². The minimum Gasteiger partial charge on any atom is -0.379 e. The van der Waals surface area contributed by atoms with Crippen LogP contribution in [0.3, 0.4) is 0 Å². The lowest BCUT2D eigenvalue weighted by Crippen LogP contribution is -2.30. The molecule has 6 heteroatoms. The van der Waals surface area contributed by atoms with Gasteiger partial charge in [0.05, 0.1) is 52.9 Å². The standard InChI is InChI=1S/C24H50O6/c1-7-10-21(4)19-22(5)20-23(6)24(29-17-15-27-13-11-25-8-2)30-18-16-28-14-12-26-9-3/h21-24H,7-20H2,1-6H3. The van der Waals surface area contributed by atoms with Crippen LogP contribution in [0.4, 0.5) is 0 Å². The second kappa shape index (κ2) is 22.0. The summed E-state index contributed by atoms with van der Waals surface area (Å²) in [5, 5.41) is 0. The van der Waals surface area contributed by atoms with Crippen LogP contribution >= 0.6 is 0 Å². The first-order valence-corrected chi connectivity index (χ1v) is 12.1. The van der Waals surface area contributed by atoms with E-state index in [2.05, 4.69) is 27.7 Å². The fourth-order valence-corrected chi connectivity index (χ4v) is 3.69. The molecule has 0 saturated heterocycles.